The van der Waals surface area contributed by atoms with Gasteiger partial charge in [-0.1, -0.05) is 35.9 Å². The second-order valence-corrected chi connectivity index (χ2v) is 5.80. The number of nitrogens with one attached hydrogen (secondary N) is 2. The SMILES string of the molecule is Cc1ccc(Oc2ccccc2CNC(=O)C2CNCCO2)cc1.Cl. The first-order valence-electron chi connectivity index (χ1n) is 8.15. The lowest BCUT2D eigenvalue weighted by Gasteiger charge is -2.23. The van der Waals surface area contributed by atoms with Gasteiger partial charge in [-0.15, -0.1) is 12.4 Å². The van der Waals surface area contributed by atoms with Crippen LogP contribution < -0.4 is 15.4 Å². The molecule has 1 aliphatic heterocycles. The Labute approximate surface area is 154 Å². The summed E-state index contributed by atoms with van der Waals surface area (Å²) in [6.07, 6.45) is -0.427. The number of halogens is 1. The van der Waals surface area contributed by atoms with E-state index in [1.54, 1.807) is 0 Å². The van der Waals surface area contributed by atoms with Crippen molar-refractivity contribution >= 4 is 18.3 Å². The van der Waals surface area contributed by atoms with Crippen LogP contribution in [0.5, 0.6) is 11.5 Å². The molecule has 0 radical (unpaired) electrons. The Balaban J connectivity index is 0.00000225. The summed E-state index contributed by atoms with van der Waals surface area (Å²) in [6, 6.07) is 15.6. The molecule has 1 heterocycles. The maximum atomic E-state index is 12.2. The maximum Gasteiger partial charge on any atom is 0.250 e. The van der Waals surface area contributed by atoms with Crippen LogP contribution >= 0.6 is 12.4 Å². The molecule has 0 aliphatic carbocycles. The third-order valence-corrected chi connectivity index (χ3v) is 3.89. The molecule has 1 atom stereocenters. The topological polar surface area (TPSA) is 59.6 Å². The van der Waals surface area contributed by atoms with E-state index < -0.39 is 6.10 Å². The number of benzene rings is 2. The van der Waals surface area contributed by atoms with Gasteiger partial charge in [0, 0.05) is 25.2 Å². The zero-order chi connectivity index (χ0) is 16.8. The predicted octanol–water partition coefficient (Wildman–Crippen LogP) is 2.81. The van der Waals surface area contributed by atoms with Crippen LogP contribution in [0.4, 0.5) is 0 Å². The van der Waals surface area contributed by atoms with E-state index in [2.05, 4.69) is 10.6 Å². The van der Waals surface area contributed by atoms with Crippen molar-refractivity contribution in [1.29, 1.82) is 0 Å². The molecule has 2 aromatic carbocycles. The first kappa shape index (κ1) is 19.2. The molecule has 6 heteroatoms. The van der Waals surface area contributed by atoms with E-state index in [-0.39, 0.29) is 18.3 Å². The Kier molecular flexibility index (Phi) is 7.25. The molecule has 0 spiro atoms. The molecule has 5 nitrogen and oxygen atoms in total. The molecule has 134 valence electrons. The monoisotopic (exact) mass is 362 g/mol. The Morgan fingerprint density at radius 3 is 2.72 bits per heavy atom. The van der Waals surface area contributed by atoms with E-state index in [4.69, 9.17) is 9.47 Å². The minimum atomic E-state index is -0.427. The molecule has 2 aromatic rings. The van der Waals surface area contributed by atoms with E-state index in [9.17, 15) is 4.79 Å². The number of rotatable bonds is 5. The highest BCUT2D eigenvalue weighted by Gasteiger charge is 2.21. The second-order valence-electron chi connectivity index (χ2n) is 5.80. The third kappa shape index (κ3) is 5.46. The van der Waals surface area contributed by atoms with Gasteiger partial charge in [-0.05, 0) is 25.1 Å². The Morgan fingerprint density at radius 1 is 1.24 bits per heavy atom. The molecule has 3 rings (SSSR count). The van der Waals surface area contributed by atoms with Gasteiger partial charge in [-0.2, -0.15) is 0 Å². The molecule has 1 fully saturated rings. The number of amides is 1. The van der Waals surface area contributed by atoms with E-state index in [1.807, 2.05) is 55.5 Å². The summed E-state index contributed by atoms with van der Waals surface area (Å²) in [5.41, 5.74) is 2.11. The smallest absolute Gasteiger partial charge is 0.250 e. The fourth-order valence-electron chi connectivity index (χ4n) is 2.51. The number of morpholine rings is 1. The highest BCUT2D eigenvalue weighted by Crippen LogP contribution is 2.25. The molecule has 0 aromatic heterocycles. The van der Waals surface area contributed by atoms with E-state index in [0.717, 1.165) is 23.6 Å². The van der Waals surface area contributed by atoms with Crippen molar-refractivity contribution in [3.8, 4) is 11.5 Å². The van der Waals surface area contributed by atoms with E-state index in [1.165, 1.54) is 5.56 Å². The van der Waals surface area contributed by atoms with Crippen molar-refractivity contribution in [3.63, 3.8) is 0 Å². The van der Waals surface area contributed by atoms with Crippen molar-refractivity contribution in [3.05, 3.63) is 59.7 Å². The number of ether oxygens (including phenoxy) is 2. The number of aryl methyl sites for hydroxylation is 1. The lowest BCUT2D eigenvalue weighted by atomic mass is 10.2. The maximum absolute atomic E-state index is 12.2. The van der Waals surface area contributed by atoms with Crippen LogP contribution in [0.25, 0.3) is 0 Å². The number of hydrogen-bond donors (Lipinski definition) is 2. The summed E-state index contributed by atoms with van der Waals surface area (Å²) in [4.78, 5) is 12.2. The third-order valence-electron chi connectivity index (χ3n) is 3.89. The lowest BCUT2D eigenvalue weighted by molar-refractivity contribution is -0.134. The summed E-state index contributed by atoms with van der Waals surface area (Å²) in [5, 5.41) is 6.07. The second kappa shape index (κ2) is 9.42. The molecule has 2 N–H and O–H groups in total. The highest BCUT2D eigenvalue weighted by atomic mass is 35.5. The molecular weight excluding hydrogens is 340 g/mol. The van der Waals surface area contributed by atoms with Gasteiger partial charge in [0.1, 0.15) is 17.6 Å². The minimum Gasteiger partial charge on any atom is -0.457 e. The van der Waals surface area contributed by atoms with Crippen LogP contribution in [0, 0.1) is 6.92 Å². The molecule has 1 amide bonds. The molecule has 0 saturated carbocycles. The summed E-state index contributed by atoms with van der Waals surface area (Å²) >= 11 is 0. The zero-order valence-corrected chi connectivity index (χ0v) is 15.0. The number of hydrogen-bond acceptors (Lipinski definition) is 4. The standard InChI is InChI=1S/C19H22N2O3.ClH/c1-14-6-8-16(9-7-14)24-17-5-3-2-4-15(17)12-21-19(22)18-13-20-10-11-23-18;/h2-9,18,20H,10-13H2,1H3,(H,21,22);1H. The summed E-state index contributed by atoms with van der Waals surface area (Å²) in [5.74, 6) is 1.41. The van der Waals surface area contributed by atoms with E-state index in [0.29, 0.717) is 19.7 Å². The summed E-state index contributed by atoms with van der Waals surface area (Å²) in [6.45, 7) is 4.34. The first-order valence-corrected chi connectivity index (χ1v) is 8.15. The van der Waals surface area contributed by atoms with Crippen LogP contribution in [0.3, 0.4) is 0 Å². The molecule has 1 aliphatic rings. The van der Waals surface area contributed by atoms with Gasteiger partial charge in [0.15, 0.2) is 0 Å². The quantitative estimate of drug-likeness (QED) is 0.858. The van der Waals surface area contributed by atoms with Gasteiger partial charge in [0.25, 0.3) is 5.91 Å². The first-order chi connectivity index (χ1) is 11.7. The van der Waals surface area contributed by atoms with E-state index >= 15 is 0 Å². The normalized spacial score (nSPS) is 16.6. The number of para-hydroxylation sites is 1. The Bertz CT molecular complexity index is 685. The van der Waals surface area contributed by atoms with Crippen molar-refractivity contribution in [2.24, 2.45) is 0 Å². The molecule has 1 unspecified atom stereocenters. The average molecular weight is 363 g/mol. The lowest BCUT2D eigenvalue weighted by Crippen LogP contribution is -2.47. The fraction of sp³-hybridized carbons (Fsp3) is 0.316. The largest absolute Gasteiger partial charge is 0.457 e. The van der Waals surface area contributed by atoms with Crippen LogP contribution in [-0.2, 0) is 16.1 Å². The van der Waals surface area contributed by atoms with Crippen LogP contribution in [0.2, 0.25) is 0 Å². The van der Waals surface area contributed by atoms with Crippen LogP contribution in [-0.4, -0.2) is 31.7 Å². The fourth-order valence-corrected chi connectivity index (χ4v) is 2.51. The molecular formula is C19H23ClN2O3. The zero-order valence-electron chi connectivity index (χ0n) is 14.2. The van der Waals surface area contributed by atoms with Gasteiger partial charge in [0.2, 0.25) is 0 Å². The van der Waals surface area contributed by atoms with Crippen molar-refractivity contribution < 1.29 is 14.3 Å². The number of carbonyl (C=O) groups is 1. The van der Waals surface area contributed by atoms with Crippen molar-refractivity contribution in [2.75, 3.05) is 19.7 Å². The van der Waals surface area contributed by atoms with Gasteiger partial charge in [-0.25, -0.2) is 0 Å². The number of carbonyl (C=O) groups excluding carboxylic acids is 1. The summed E-state index contributed by atoms with van der Waals surface area (Å²) < 4.78 is 11.4. The van der Waals surface area contributed by atoms with Gasteiger partial charge in [-0.3, -0.25) is 4.79 Å². The van der Waals surface area contributed by atoms with Gasteiger partial charge >= 0.3 is 0 Å². The minimum absolute atomic E-state index is 0. The van der Waals surface area contributed by atoms with Crippen LogP contribution in [0.1, 0.15) is 11.1 Å². The van der Waals surface area contributed by atoms with Crippen molar-refractivity contribution in [1.82, 2.24) is 10.6 Å². The Hall–Kier alpha value is -2.08. The average Bonchev–Trinajstić information content (AvgIpc) is 2.63. The Morgan fingerprint density at radius 2 is 2.00 bits per heavy atom. The molecule has 1 saturated heterocycles. The summed E-state index contributed by atoms with van der Waals surface area (Å²) in [7, 11) is 0. The highest BCUT2D eigenvalue weighted by molar-refractivity contribution is 5.85. The predicted molar refractivity (Wildman–Crippen MR) is 99.4 cm³/mol. The van der Waals surface area contributed by atoms with Crippen molar-refractivity contribution in [2.45, 2.75) is 19.6 Å². The molecule has 0 bridgehead atoms. The van der Waals surface area contributed by atoms with Gasteiger partial charge < -0.3 is 20.1 Å². The molecule has 25 heavy (non-hydrogen) atoms. The van der Waals surface area contributed by atoms with Gasteiger partial charge in [0.05, 0.1) is 6.61 Å². The van der Waals surface area contributed by atoms with Crippen LogP contribution in [0.15, 0.2) is 48.5 Å².